The molecule has 1 unspecified atom stereocenters. The number of carboxylic acids is 1. The van der Waals surface area contributed by atoms with E-state index in [1.807, 2.05) is 6.07 Å². The molecule has 0 saturated carbocycles. The van der Waals surface area contributed by atoms with Crippen LogP contribution in [-0.2, 0) is 14.8 Å². The molecule has 112 valence electrons. The van der Waals surface area contributed by atoms with E-state index in [0.29, 0.717) is 11.1 Å². The molecule has 1 aliphatic heterocycles. The van der Waals surface area contributed by atoms with Crippen molar-refractivity contribution in [3.05, 3.63) is 29.3 Å². The number of nitrogens with two attached hydrogens (primary N) is 1. The number of hydrogen-bond acceptors (Lipinski definition) is 5. The molecule has 1 fully saturated rings. The quantitative estimate of drug-likeness (QED) is 0.812. The van der Waals surface area contributed by atoms with Gasteiger partial charge < -0.3 is 10.8 Å². The summed E-state index contributed by atoms with van der Waals surface area (Å²) in [6.07, 6.45) is 0.0663. The molecular formula is C13H15N3O4S. The highest BCUT2D eigenvalue weighted by molar-refractivity contribution is 7.89. The third-order valence-corrected chi connectivity index (χ3v) is 5.49. The fourth-order valence-corrected chi connectivity index (χ4v) is 3.84. The van der Waals surface area contributed by atoms with Crippen LogP contribution >= 0.6 is 0 Å². The number of carboxylic acid groups (broad SMARTS) is 1. The first kappa shape index (κ1) is 15.4. The van der Waals surface area contributed by atoms with Crippen LogP contribution in [-0.4, -0.2) is 42.4 Å². The molecule has 1 atom stereocenters. The third-order valence-electron chi connectivity index (χ3n) is 3.65. The van der Waals surface area contributed by atoms with E-state index in [4.69, 9.17) is 16.1 Å². The molecule has 0 spiro atoms. The van der Waals surface area contributed by atoms with Crippen molar-refractivity contribution in [3.8, 4) is 6.07 Å². The Bertz CT molecular complexity index is 738. The van der Waals surface area contributed by atoms with Crippen LogP contribution in [0.4, 0.5) is 0 Å². The Morgan fingerprint density at radius 2 is 2.19 bits per heavy atom. The van der Waals surface area contributed by atoms with Gasteiger partial charge in [0.15, 0.2) is 0 Å². The summed E-state index contributed by atoms with van der Waals surface area (Å²) in [6, 6.07) is 6.15. The monoisotopic (exact) mass is 309 g/mol. The molecule has 2 rings (SSSR count). The van der Waals surface area contributed by atoms with E-state index in [2.05, 4.69) is 0 Å². The molecule has 0 amide bonds. The minimum Gasteiger partial charge on any atom is -0.480 e. The molecule has 1 aliphatic rings. The van der Waals surface area contributed by atoms with Crippen molar-refractivity contribution < 1.29 is 18.3 Å². The van der Waals surface area contributed by atoms with Crippen molar-refractivity contribution in [2.24, 2.45) is 5.73 Å². The van der Waals surface area contributed by atoms with Crippen LogP contribution in [0.2, 0.25) is 0 Å². The van der Waals surface area contributed by atoms with E-state index in [-0.39, 0.29) is 24.4 Å². The van der Waals surface area contributed by atoms with Crippen LogP contribution in [0.15, 0.2) is 23.1 Å². The zero-order valence-electron chi connectivity index (χ0n) is 11.4. The maximum absolute atomic E-state index is 12.5. The normalized spacial score (nSPS) is 22.9. The number of benzene rings is 1. The summed E-state index contributed by atoms with van der Waals surface area (Å²) in [4.78, 5) is 11.1. The van der Waals surface area contributed by atoms with E-state index in [1.165, 1.54) is 18.2 Å². The summed E-state index contributed by atoms with van der Waals surface area (Å²) >= 11 is 0. The molecule has 0 aromatic heterocycles. The minimum absolute atomic E-state index is 0.0358. The molecule has 0 radical (unpaired) electrons. The predicted octanol–water partition coefficient (Wildman–Crippen LogP) is 0.0432. The first-order valence-corrected chi connectivity index (χ1v) is 7.68. The number of aliphatic carboxylic acids is 1. The summed E-state index contributed by atoms with van der Waals surface area (Å²) in [5, 5.41) is 17.9. The van der Waals surface area contributed by atoms with Gasteiger partial charge >= 0.3 is 5.97 Å². The van der Waals surface area contributed by atoms with Gasteiger partial charge in [-0.2, -0.15) is 9.57 Å². The smallest absolute Gasteiger partial charge is 0.325 e. The third kappa shape index (κ3) is 2.63. The van der Waals surface area contributed by atoms with Gasteiger partial charge in [-0.25, -0.2) is 8.42 Å². The Hall–Kier alpha value is -1.95. The van der Waals surface area contributed by atoms with Crippen molar-refractivity contribution in [1.29, 1.82) is 5.26 Å². The maximum atomic E-state index is 12.5. The van der Waals surface area contributed by atoms with Crippen LogP contribution in [0.25, 0.3) is 0 Å². The zero-order valence-corrected chi connectivity index (χ0v) is 12.2. The zero-order chi connectivity index (χ0) is 15.8. The second-order valence-electron chi connectivity index (χ2n) is 5.14. The van der Waals surface area contributed by atoms with Gasteiger partial charge in [0.2, 0.25) is 10.0 Å². The number of sulfonamides is 1. The lowest BCUT2D eigenvalue weighted by Crippen LogP contribution is -2.50. The summed E-state index contributed by atoms with van der Waals surface area (Å²) in [5.41, 5.74) is 5.10. The van der Waals surface area contributed by atoms with Gasteiger partial charge in [0.05, 0.1) is 16.5 Å². The lowest BCUT2D eigenvalue weighted by Gasteiger charge is -2.20. The second kappa shape index (κ2) is 5.11. The van der Waals surface area contributed by atoms with Crippen LogP contribution < -0.4 is 5.73 Å². The van der Waals surface area contributed by atoms with Crippen molar-refractivity contribution in [2.45, 2.75) is 23.8 Å². The van der Waals surface area contributed by atoms with Crippen LogP contribution in [0, 0.1) is 18.3 Å². The van der Waals surface area contributed by atoms with Gasteiger partial charge in [0, 0.05) is 13.1 Å². The molecule has 0 aliphatic carbocycles. The number of nitrogens with zero attached hydrogens (tertiary/aromatic N) is 2. The first-order valence-electron chi connectivity index (χ1n) is 6.24. The molecule has 1 saturated heterocycles. The van der Waals surface area contributed by atoms with Crippen LogP contribution in [0.5, 0.6) is 0 Å². The maximum Gasteiger partial charge on any atom is 0.325 e. The summed E-state index contributed by atoms with van der Waals surface area (Å²) in [5.74, 6) is -1.21. The molecular weight excluding hydrogens is 294 g/mol. The topological polar surface area (TPSA) is 124 Å². The molecule has 7 nitrogen and oxygen atoms in total. The SMILES string of the molecule is Cc1cc(S(=O)(=O)N2CCC(N)(C(=O)O)C2)ccc1C#N. The Balaban J connectivity index is 2.34. The van der Waals surface area contributed by atoms with E-state index < -0.39 is 21.5 Å². The van der Waals surface area contributed by atoms with Gasteiger partial charge in [0.25, 0.3) is 0 Å². The number of aryl methyl sites for hydroxylation is 1. The lowest BCUT2D eigenvalue weighted by atomic mass is 10.0. The summed E-state index contributed by atoms with van der Waals surface area (Å²) < 4.78 is 26.1. The van der Waals surface area contributed by atoms with Gasteiger partial charge in [-0.1, -0.05) is 0 Å². The fourth-order valence-electron chi connectivity index (χ4n) is 2.25. The van der Waals surface area contributed by atoms with Gasteiger partial charge in [-0.05, 0) is 37.1 Å². The molecule has 1 heterocycles. The predicted molar refractivity (Wildman–Crippen MR) is 73.8 cm³/mol. The summed E-state index contributed by atoms with van der Waals surface area (Å²) in [7, 11) is -3.81. The first-order chi connectivity index (χ1) is 9.70. The number of carbonyl (C=O) groups is 1. The highest BCUT2D eigenvalue weighted by atomic mass is 32.2. The van der Waals surface area contributed by atoms with Gasteiger partial charge in [-0.3, -0.25) is 4.79 Å². The van der Waals surface area contributed by atoms with Crippen molar-refractivity contribution in [2.75, 3.05) is 13.1 Å². The van der Waals surface area contributed by atoms with Crippen molar-refractivity contribution >= 4 is 16.0 Å². The standard InChI is InChI=1S/C13H15N3O4S/c1-9-6-11(3-2-10(9)7-14)21(19,20)16-5-4-13(15,8-16)12(17)18/h2-3,6H,4-5,8,15H2,1H3,(H,17,18). The highest BCUT2D eigenvalue weighted by Gasteiger charge is 2.45. The fraction of sp³-hybridized carbons (Fsp3) is 0.385. The van der Waals surface area contributed by atoms with Crippen LogP contribution in [0.3, 0.4) is 0 Å². The molecule has 1 aromatic rings. The molecule has 21 heavy (non-hydrogen) atoms. The number of rotatable bonds is 3. The Morgan fingerprint density at radius 3 is 2.67 bits per heavy atom. The Morgan fingerprint density at radius 1 is 1.52 bits per heavy atom. The molecule has 1 aromatic carbocycles. The van der Waals surface area contributed by atoms with Crippen molar-refractivity contribution in [3.63, 3.8) is 0 Å². The molecule has 3 N–H and O–H groups in total. The highest BCUT2D eigenvalue weighted by Crippen LogP contribution is 2.26. The Kier molecular flexibility index (Phi) is 3.76. The van der Waals surface area contributed by atoms with E-state index >= 15 is 0 Å². The van der Waals surface area contributed by atoms with Gasteiger partial charge in [-0.15, -0.1) is 0 Å². The average molecular weight is 309 g/mol. The Labute approximate surface area is 122 Å². The van der Waals surface area contributed by atoms with E-state index in [1.54, 1.807) is 6.92 Å². The van der Waals surface area contributed by atoms with E-state index in [0.717, 1.165) is 4.31 Å². The number of hydrogen-bond donors (Lipinski definition) is 2. The molecule has 8 heteroatoms. The largest absolute Gasteiger partial charge is 0.480 e. The minimum atomic E-state index is -3.81. The number of nitriles is 1. The van der Waals surface area contributed by atoms with Crippen LogP contribution in [0.1, 0.15) is 17.5 Å². The van der Waals surface area contributed by atoms with E-state index in [9.17, 15) is 13.2 Å². The average Bonchev–Trinajstić information content (AvgIpc) is 2.83. The lowest BCUT2D eigenvalue weighted by molar-refractivity contribution is -0.142. The second-order valence-corrected chi connectivity index (χ2v) is 7.08. The molecule has 0 bridgehead atoms. The van der Waals surface area contributed by atoms with Gasteiger partial charge in [0.1, 0.15) is 5.54 Å². The van der Waals surface area contributed by atoms with Crippen molar-refractivity contribution in [1.82, 2.24) is 4.31 Å². The summed E-state index contributed by atoms with van der Waals surface area (Å²) in [6.45, 7) is 1.44.